The van der Waals surface area contributed by atoms with Gasteiger partial charge in [0.15, 0.2) is 0 Å². The highest BCUT2D eigenvalue weighted by atomic mass is 16.3. The lowest BCUT2D eigenvalue weighted by molar-refractivity contribution is 0.669. The number of benzene rings is 7. The summed E-state index contributed by atoms with van der Waals surface area (Å²) in [5.74, 6) is 0.886. The highest BCUT2D eigenvalue weighted by Crippen LogP contribution is 2.38. The van der Waals surface area contributed by atoms with Crippen LogP contribution in [0.3, 0.4) is 0 Å². The summed E-state index contributed by atoms with van der Waals surface area (Å²) in [6, 6.07) is 54.2. The minimum absolute atomic E-state index is 0.882. The molecule has 0 N–H and O–H groups in total. The largest absolute Gasteiger partial charge is 0.456 e. The minimum Gasteiger partial charge on any atom is -0.456 e. The van der Waals surface area contributed by atoms with Crippen LogP contribution in [0.4, 0.5) is 0 Å². The first-order chi connectivity index (χ1) is 24.2. The average molecular weight is 629 g/mol. The lowest BCUT2D eigenvalue weighted by Gasteiger charge is -2.09. The number of para-hydroxylation sites is 4. The van der Waals surface area contributed by atoms with E-state index in [-0.39, 0.29) is 0 Å². The van der Waals surface area contributed by atoms with E-state index in [0.29, 0.717) is 0 Å². The smallest absolute Gasteiger partial charge is 0.220 e. The van der Waals surface area contributed by atoms with E-state index < -0.39 is 0 Å². The molecule has 0 aliphatic heterocycles. The van der Waals surface area contributed by atoms with Gasteiger partial charge < -0.3 is 8.98 Å². The SMILES string of the molecule is Cc1ccc2c(c1)c1cc(-c3ccc4c(c3)n3c5ccccc5nc3n4-c3ccc4oc5ccccc5c4c3)ccc1n2-c1ccccc1. The Balaban J connectivity index is 1.16. The summed E-state index contributed by atoms with van der Waals surface area (Å²) < 4.78 is 13.1. The van der Waals surface area contributed by atoms with Crippen LogP contribution in [0.25, 0.3) is 94.1 Å². The quantitative estimate of drug-likeness (QED) is 0.195. The predicted octanol–water partition coefficient (Wildman–Crippen LogP) is 11.4. The van der Waals surface area contributed by atoms with Crippen LogP contribution in [0.1, 0.15) is 5.56 Å². The van der Waals surface area contributed by atoms with Crippen LogP contribution in [-0.2, 0) is 0 Å². The first kappa shape index (κ1) is 26.5. The molecule has 0 aliphatic carbocycles. The zero-order valence-corrected chi connectivity index (χ0v) is 26.6. The van der Waals surface area contributed by atoms with Crippen molar-refractivity contribution in [3.63, 3.8) is 0 Å². The standard InChI is InChI=1S/C44H28N4O/c1-27-15-19-37-33(23-27)34-24-28(16-20-38(34)46(37)30-9-3-2-4-10-30)29-17-21-40-41(25-29)48-39-13-7-6-12-36(39)45-44(48)47(40)31-18-22-43-35(26-31)32-11-5-8-14-42(32)49-43/h2-26H,1H3. The fourth-order valence-corrected chi connectivity index (χ4v) is 7.86. The van der Waals surface area contributed by atoms with Gasteiger partial charge in [0.25, 0.3) is 0 Å². The number of aryl methyl sites for hydroxylation is 1. The van der Waals surface area contributed by atoms with E-state index in [9.17, 15) is 0 Å². The Labute approximate surface area is 280 Å². The van der Waals surface area contributed by atoms with Crippen LogP contribution >= 0.6 is 0 Å². The molecule has 0 bridgehead atoms. The third-order valence-corrected chi connectivity index (χ3v) is 10.1. The Kier molecular flexibility index (Phi) is 5.25. The van der Waals surface area contributed by atoms with Crippen molar-refractivity contribution in [3.05, 3.63) is 157 Å². The van der Waals surface area contributed by atoms with Gasteiger partial charge >= 0.3 is 0 Å². The van der Waals surface area contributed by atoms with Gasteiger partial charge in [0.1, 0.15) is 11.2 Å². The van der Waals surface area contributed by atoms with Crippen molar-refractivity contribution in [1.29, 1.82) is 0 Å². The monoisotopic (exact) mass is 628 g/mol. The zero-order chi connectivity index (χ0) is 32.2. The minimum atomic E-state index is 0.882. The highest BCUT2D eigenvalue weighted by Gasteiger charge is 2.20. The maximum atomic E-state index is 6.17. The molecule has 0 saturated carbocycles. The van der Waals surface area contributed by atoms with Crippen LogP contribution in [0.2, 0.25) is 0 Å². The molecule has 0 fully saturated rings. The number of rotatable bonds is 3. The molecule has 4 heterocycles. The number of nitrogens with zero attached hydrogens (tertiary/aromatic N) is 4. The first-order valence-corrected chi connectivity index (χ1v) is 16.6. The molecule has 4 aromatic heterocycles. The molecule has 5 nitrogen and oxygen atoms in total. The third kappa shape index (κ3) is 3.72. The van der Waals surface area contributed by atoms with Gasteiger partial charge in [-0.25, -0.2) is 4.98 Å². The number of imidazole rings is 2. The Morgan fingerprint density at radius 2 is 1.16 bits per heavy atom. The molecule has 11 rings (SSSR count). The topological polar surface area (TPSA) is 40.3 Å². The molecule has 230 valence electrons. The number of furan rings is 1. The zero-order valence-electron chi connectivity index (χ0n) is 26.6. The number of hydrogen-bond donors (Lipinski definition) is 0. The molecular weight excluding hydrogens is 601 g/mol. The van der Waals surface area contributed by atoms with Gasteiger partial charge in [-0.3, -0.25) is 8.97 Å². The molecule has 7 aromatic carbocycles. The molecule has 5 heteroatoms. The van der Waals surface area contributed by atoms with Gasteiger partial charge in [-0.2, -0.15) is 0 Å². The van der Waals surface area contributed by atoms with E-state index in [1.165, 1.54) is 32.9 Å². The van der Waals surface area contributed by atoms with Crippen molar-refractivity contribution in [2.24, 2.45) is 0 Å². The Morgan fingerprint density at radius 1 is 0.449 bits per heavy atom. The number of fused-ring (bicyclic) bond motifs is 11. The second kappa shape index (κ2) is 9.72. The second-order valence-corrected chi connectivity index (χ2v) is 13.0. The number of aromatic nitrogens is 4. The lowest BCUT2D eigenvalue weighted by Crippen LogP contribution is -1.95. The van der Waals surface area contributed by atoms with Gasteiger partial charge in [0, 0.05) is 27.2 Å². The number of hydrogen-bond acceptors (Lipinski definition) is 2. The van der Waals surface area contributed by atoms with E-state index in [4.69, 9.17) is 9.40 Å². The van der Waals surface area contributed by atoms with Crippen LogP contribution in [0.5, 0.6) is 0 Å². The summed E-state index contributed by atoms with van der Waals surface area (Å²) in [5, 5.41) is 4.72. The maximum Gasteiger partial charge on any atom is 0.220 e. The average Bonchev–Trinajstić information content (AvgIpc) is 3.88. The van der Waals surface area contributed by atoms with E-state index in [0.717, 1.165) is 66.7 Å². The molecular formula is C44H28N4O. The molecule has 0 saturated heterocycles. The Hall–Kier alpha value is -6.59. The first-order valence-electron chi connectivity index (χ1n) is 16.6. The van der Waals surface area contributed by atoms with Crippen molar-refractivity contribution in [2.45, 2.75) is 6.92 Å². The molecule has 0 spiro atoms. The van der Waals surface area contributed by atoms with Crippen LogP contribution < -0.4 is 0 Å². The normalized spacial score (nSPS) is 12.2. The van der Waals surface area contributed by atoms with E-state index in [1.807, 2.05) is 12.1 Å². The van der Waals surface area contributed by atoms with Crippen LogP contribution in [0.15, 0.2) is 156 Å². The molecule has 0 radical (unpaired) electrons. The Bertz CT molecular complexity index is 3120. The van der Waals surface area contributed by atoms with E-state index >= 15 is 0 Å². The fourth-order valence-electron chi connectivity index (χ4n) is 7.86. The van der Waals surface area contributed by atoms with Gasteiger partial charge in [-0.15, -0.1) is 0 Å². The summed E-state index contributed by atoms with van der Waals surface area (Å²) in [6.07, 6.45) is 0. The van der Waals surface area contributed by atoms with Crippen LogP contribution in [0, 0.1) is 6.92 Å². The predicted molar refractivity (Wildman–Crippen MR) is 201 cm³/mol. The summed E-state index contributed by atoms with van der Waals surface area (Å²) >= 11 is 0. The fraction of sp³-hybridized carbons (Fsp3) is 0.0227. The van der Waals surface area contributed by atoms with E-state index in [1.54, 1.807) is 0 Å². The van der Waals surface area contributed by atoms with Gasteiger partial charge in [-0.05, 0) is 103 Å². The highest BCUT2D eigenvalue weighted by molar-refractivity contribution is 6.11. The molecule has 0 aliphatic rings. The summed E-state index contributed by atoms with van der Waals surface area (Å²) in [4.78, 5) is 5.18. The van der Waals surface area contributed by atoms with Crippen molar-refractivity contribution >= 4 is 71.6 Å². The summed E-state index contributed by atoms with van der Waals surface area (Å²) in [6.45, 7) is 2.17. The van der Waals surface area contributed by atoms with Crippen molar-refractivity contribution in [2.75, 3.05) is 0 Å². The maximum absolute atomic E-state index is 6.17. The molecule has 0 atom stereocenters. The third-order valence-electron chi connectivity index (χ3n) is 10.1. The second-order valence-electron chi connectivity index (χ2n) is 13.0. The van der Waals surface area contributed by atoms with Gasteiger partial charge in [0.2, 0.25) is 5.78 Å². The van der Waals surface area contributed by atoms with Crippen molar-refractivity contribution in [3.8, 4) is 22.5 Å². The van der Waals surface area contributed by atoms with E-state index in [2.05, 4.69) is 160 Å². The summed E-state index contributed by atoms with van der Waals surface area (Å²) in [7, 11) is 0. The molecule has 0 amide bonds. The Morgan fingerprint density at radius 3 is 2.06 bits per heavy atom. The molecule has 49 heavy (non-hydrogen) atoms. The van der Waals surface area contributed by atoms with Gasteiger partial charge in [0.05, 0.1) is 38.8 Å². The molecule has 11 aromatic rings. The van der Waals surface area contributed by atoms with Crippen molar-refractivity contribution in [1.82, 2.24) is 18.5 Å². The van der Waals surface area contributed by atoms with Crippen LogP contribution in [-0.4, -0.2) is 18.5 Å². The van der Waals surface area contributed by atoms with Gasteiger partial charge in [-0.1, -0.05) is 72.3 Å². The lowest BCUT2D eigenvalue weighted by atomic mass is 10.0. The molecule has 0 unspecified atom stereocenters. The summed E-state index contributed by atoms with van der Waals surface area (Å²) in [5.41, 5.74) is 14.3. The van der Waals surface area contributed by atoms with Crippen molar-refractivity contribution < 1.29 is 4.42 Å².